The van der Waals surface area contributed by atoms with Crippen LogP contribution in [0, 0.1) is 0 Å². The number of allylic oxidation sites excluding steroid dienone is 2. The summed E-state index contributed by atoms with van der Waals surface area (Å²) in [6.45, 7) is 3.39. The van der Waals surface area contributed by atoms with Crippen molar-refractivity contribution >= 4 is 0 Å². The van der Waals surface area contributed by atoms with Gasteiger partial charge in [-0.2, -0.15) is 0 Å². The van der Waals surface area contributed by atoms with Gasteiger partial charge in [-0.1, -0.05) is 70.4 Å². The summed E-state index contributed by atoms with van der Waals surface area (Å²) in [5.74, 6) is 0. The van der Waals surface area contributed by atoms with Crippen LogP contribution in [0.1, 0.15) is 96.8 Å². The van der Waals surface area contributed by atoms with Crippen molar-refractivity contribution in [1.29, 1.82) is 0 Å². The minimum atomic E-state index is 0. The van der Waals surface area contributed by atoms with Crippen LogP contribution in [0.2, 0.25) is 0 Å². The molecule has 0 aliphatic rings. The highest BCUT2D eigenvalue weighted by Gasteiger charge is 1.90. The highest BCUT2D eigenvalue weighted by molar-refractivity contribution is 4.81. The van der Waals surface area contributed by atoms with E-state index in [1.165, 1.54) is 89.9 Å². The average Bonchev–Trinajstić information content (AvgIpc) is 2.43. The Morgan fingerprint density at radius 1 is 0.600 bits per heavy atom. The average molecular weight is 395 g/mol. The Morgan fingerprint density at radius 2 is 1.00 bits per heavy atom. The number of hydrogen-bond acceptors (Lipinski definition) is 0. The Kier molecular flexibility index (Phi) is 24.7. The highest BCUT2D eigenvalue weighted by Crippen LogP contribution is 2.09. The molecule has 0 aromatic heterocycles. The molecule has 0 bridgehead atoms. The molecule has 2 heteroatoms. The Morgan fingerprint density at radius 3 is 1.45 bits per heavy atom. The van der Waals surface area contributed by atoms with Gasteiger partial charge in [-0.25, -0.2) is 0 Å². The number of rotatable bonds is 15. The van der Waals surface area contributed by atoms with Crippen LogP contribution in [0.15, 0.2) is 12.2 Å². The molecule has 0 rings (SSSR count). The maximum Gasteiger partial charge on any atom is 0.0739 e. The van der Waals surface area contributed by atoms with Crippen molar-refractivity contribution in [2.24, 2.45) is 0 Å². The molecule has 0 saturated carbocycles. The third-order valence-corrected chi connectivity index (χ3v) is 3.76. The van der Waals surface area contributed by atoms with Gasteiger partial charge in [-0.05, 0) is 38.5 Å². The van der Waals surface area contributed by atoms with Crippen molar-refractivity contribution in [3.63, 3.8) is 0 Å². The van der Waals surface area contributed by atoms with Gasteiger partial charge in [0, 0.05) is 0 Å². The number of unbranched alkanes of at least 4 members (excludes halogenated alkanes) is 12. The van der Waals surface area contributed by atoms with E-state index in [-0.39, 0.29) is 24.0 Å². The summed E-state index contributed by atoms with van der Waals surface area (Å²) in [6.07, 6.45) is 24.2. The number of quaternary nitrogens is 1. The van der Waals surface area contributed by atoms with Gasteiger partial charge in [-0.3, -0.25) is 0 Å². The van der Waals surface area contributed by atoms with E-state index in [9.17, 15) is 0 Å². The molecule has 0 aromatic carbocycles. The van der Waals surface area contributed by atoms with Crippen molar-refractivity contribution in [3.05, 3.63) is 12.2 Å². The standard InChI is InChI=1S/C18H37N.HI/c1-2-3-4-5-6-7-8-9-10-11-12-13-14-15-16-17-18-19;/h9-10H,2-8,11-19H2,1H3;1H/b10-9-;. The van der Waals surface area contributed by atoms with E-state index < -0.39 is 0 Å². The van der Waals surface area contributed by atoms with Gasteiger partial charge in [0.15, 0.2) is 0 Å². The van der Waals surface area contributed by atoms with Crippen molar-refractivity contribution in [1.82, 2.24) is 0 Å². The highest BCUT2D eigenvalue weighted by atomic mass is 127. The molecule has 0 heterocycles. The second kappa shape index (κ2) is 21.7. The minimum absolute atomic E-state index is 0. The third kappa shape index (κ3) is 20.7. The van der Waals surface area contributed by atoms with Gasteiger partial charge in [0.2, 0.25) is 0 Å². The lowest BCUT2D eigenvalue weighted by Crippen LogP contribution is -3.00. The Labute approximate surface area is 145 Å². The van der Waals surface area contributed by atoms with E-state index in [0.717, 1.165) is 6.54 Å². The van der Waals surface area contributed by atoms with Gasteiger partial charge in [-0.15, -0.1) is 0 Å². The lowest BCUT2D eigenvalue weighted by Gasteiger charge is -1.99. The lowest BCUT2D eigenvalue weighted by atomic mass is 10.1. The predicted molar refractivity (Wildman–Crippen MR) is 87.2 cm³/mol. The zero-order valence-electron chi connectivity index (χ0n) is 13.8. The van der Waals surface area contributed by atoms with Gasteiger partial charge >= 0.3 is 0 Å². The summed E-state index contributed by atoms with van der Waals surface area (Å²) in [7, 11) is 0. The van der Waals surface area contributed by atoms with Crippen LogP contribution in [-0.2, 0) is 0 Å². The normalized spacial score (nSPS) is 10.9. The maximum atomic E-state index is 3.88. The first-order chi connectivity index (χ1) is 9.41. The van der Waals surface area contributed by atoms with Crippen LogP contribution in [0.3, 0.4) is 0 Å². The molecule has 0 amide bonds. The molecule has 0 aliphatic heterocycles. The molecule has 0 aliphatic carbocycles. The van der Waals surface area contributed by atoms with E-state index in [4.69, 9.17) is 0 Å². The first-order valence-electron chi connectivity index (χ1n) is 8.86. The zero-order valence-corrected chi connectivity index (χ0v) is 16.0. The molecule has 0 unspecified atom stereocenters. The van der Waals surface area contributed by atoms with Gasteiger partial charge < -0.3 is 29.7 Å². The Bertz CT molecular complexity index is 180. The number of hydrogen-bond donors (Lipinski definition) is 1. The first-order valence-corrected chi connectivity index (χ1v) is 8.86. The summed E-state index contributed by atoms with van der Waals surface area (Å²) in [5.41, 5.74) is 3.88. The Hall–Kier alpha value is 0.430. The lowest BCUT2D eigenvalue weighted by molar-refractivity contribution is -0.368. The molecule has 20 heavy (non-hydrogen) atoms. The molecule has 0 fully saturated rings. The van der Waals surface area contributed by atoms with Gasteiger partial charge in [0.25, 0.3) is 0 Å². The molecule has 0 atom stereocenters. The Balaban J connectivity index is 0. The maximum absolute atomic E-state index is 3.88. The summed E-state index contributed by atoms with van der Waals surface area (Å²) in [6, 6.07) is 0. The zero-order chi connectivity index (χ0) is 14.0. The largest absolute Gasteiger partial charge is 1.00 e. The second-order valence-electron chi connectivity index (χ2n) is 5.79. The van der Waals surface area contributed by atoms with E-state index in [1.807, 2.05) is 0 Å². The molecule has 3 N–H and O–H groups in total. The molecule has 0 radical (unpaired) electrons. The minimum Gasteiger partial charge on any atom is -1.00 e. The smallest absolute Gasteiger partial charge is 0.0739 e. The fourth-order valence-corrected chi connectivity index (χ4v) is 2.42. The monoisotopic (exact) mass is 395 g/mol. The quantitative estimate of drug-likeness (QED) is 0.250. The molecule has 122 valence electrons. The van der Waals surface area contributed by atoms with E-state index in [0.29, 0.717) is 0 Å². The molecule has 0 spiro atoms. The van der Waals surface area contributed by atoms with Crippen LogP contribution in [0.25, 0.3) is 0 Å². The van der Waals surface area contributed by atoms with Crippen LogP contribution in [-0.4, -0.2) is 6.54 Å². The molecule has 0 aromatic rings. The van der Waals surface area contributed by atoms with Crippen LogP contribution in [0.4, 0.5) is 0 Å². The van der Waals surface area contributed by atoms with Crippen molar-refractivity contribution in [2.45, 2.75) is 96.8 Å². The van der Waals surface area contributed by atoms with Crippen LogP contribution in [0.5, 0.6) is 0 Å². The summed E-state index contributed by atoms with van der Waals surface area (Å²) in [4.78, 5) is 0. The van der Waals surface area contributed by atoms with Crippen LogP contribution >= 0.6 is 0 Å². The summed E-state index contributed by atoms with van der Waals surface area (Å²) >= 11 is 0. The fourth-order valence-electron chi connectivity index (χ4n) is 2.42. The molecular weight excluding hydrogens is 357 g/mol. The predicted octanol–water partition coefficient (Wildman–Crippen LogP) is 2.27. The first kappa shape index (κ1) is 22.7. The number of halogens is 1. The van der Waals surface area contributed by atoms with E-state index in [1.54, 1.807) is 0 Å². The van der Waals surface area contributed by atoms with Gasteiger partial charge in [0.05, 0.1) is 6.54 Å². The van der Waals surface area contributed by atoms with Crippen molar-refractivity contribution < 1.29 is 29.7 Å². The van der Waals surface area contributed by atoms with E-state index >= 15 is 0 Å². The fraction of sp³-hybridized carbons (Fsp3) is 0.889. The van der Waals surface area contributed by atoms with Crippen LogP contribution < -0.4 is 29.7 Å². The SMILES string of the molecule is CCCCCCCC/C=C\CCCCCCCC[NH3+].[I-]. The molecule has 0 saturated heterocycles. The molecular formula is C18H38IN. The van der Waals surface area contributed by atoms with Crippen molar-refractivity contribution in [2.75, 3.05) is 6.54 Å². The van der Waals surface area contributed by atoms with Crippen molar-refractivity contribution in [3.8, 4) is 0 Å². The topological polar surface area (TPSA) is 27.6 Å². The summed E-state index contributed by atoms with van der Waals surface area (Å²) in [5, 5.41) is 0. The molecule has 1 nitrogen and oxygen atoms in total. The second-order valence-corrected chi connectivity index (χ2v) is 5.79. The van der Waals surface area contributed by atoms with E-state index in [2.05, 4.69) is 24.8 Å². The summed E-state index contributed by atoms with van der Waals surface area (Å²) < 4.78 is 0. The van der Waals surface area contributed by atoms with Gasteiger partial charge in [0.1, 0.15) is 0 Å². The third-order valence-electron chi connectivity index (χ3n) is 3.76.